The second-order valence-corrected chi connectivity index (χ2v) is 0. The van der Waals surface area contributed by atoms with Gasteiger partial charge in [-0.1, -0.05) is 14.9 Å². The Hall–Kier alpha value is 1.86. The number of hydrogen-bond donors (Lipinski definition) is 0. The van der Waals surface area contributed by atoms with E-state index in [0.717, 1.165) is 9.55 Å². The maximum absolute atomic E-state index is 9.42. The van der Waals surface area contributed by atoms with Gasteiger partial charge >= 0.3 is 51.4 Å². The Bertz CT molecular complexity index is 14.5. The first kappa shape index (κ1) is 52.0. The summed E-state index contributed by atoms with van der Waals surface area (Å²) < 4.78 is 25.4. The van der Waals surface area contributed by atoms with Crippen molar-refractivity contribution in [3.8, 4) is 0 Å². The minimum atomic E-state index is 0. The molecule has 0 saturated carbocycles. The van der Waals surface area contributed by atoms with Crippen molar-refractivity contribution in [1.82, 2.24) is 0 Å². The first-order valence-electron chi connectivity index (χ1n) is 0.361. The molecule has 0 fully saturated rings. The van der Waals surface area contributed by atoms with Gasteiger partial charge in [0.25, 0.3) is 0 Å². The number of rotatable bonds is 0. The van der Waals surface area contributed by atoms with Crippen molar-refractivity contribution < 1.29 is 64.7 Å². The molecule has 0 N–H and O–H groups in total. The van der Waals surface area contributed by atoms with Gasteiger partial charge in [-0.25, -0.2) is 4.20 Å². The molecule has 52 valence electrons. The van der Waals surface area contributed by atoms with Crippen LogP contribution in [0.3, 0.4) is 0 Å². The summed E-state index contributed by atoms with van der Waals surface area (Å²) in [6.07, 6.45) is 0. The average Bonchev–Trinajstić information content (AvgIpc) is 1.50. The van der Waals surface area contributed by atoms with Crippen molar-refractivity contribution in [2.75, 3.05) is 0 Å². The Balaban J connectivity index is -0.00000000167. The molecule has 8 heavy (non-hydrogen) atoms. The molecular weight excluding hydrogens is 163 g/mol. The third kappa shape index (κ3) is 107. The summed E-state index contributed by atoms with van der Waals surface area (Å²) in [5.41, 5.74) is 0. The molecule has 1 unspecified atom stereocenters. The van der Waals surface area contributed by atoms with Crippen molar-refractivity contribution in [2.45, 2.75) is 14.9 Å². The van der Waals surface area contributed by atoms with Gasteiger partial charge in [0.2, 0.25) is 0 Å². The molecule has 0 aromatic rings. The predicted octanol–water partition coefficient (Wildman–Crippen LogP) is 0.313. The molecule has 0 heterocycles. The standard InChI is InChI=1S/2CH4.CH3.F2.FH2P.K/c;;;2*1-2;/h2*1H4;1H3;;2H2;/q;;-1;;;+1. The van der Waals surface area contributed by atoms with Crippen LogP contribution in [0.25, 0.3) is 0 Å². The third-order valence-corrected chi connectivity index (χ3v) is 0. The van der Waals surface area contributed by atoms with E-state index in [9.17, 15) is 4.20 Å². The van der Waals surface area contributed by atoms with Crippen molar-refractivity contribution in [3.05, 3.63) is 7.43 Å². The SMILES string of the molecule is C.C.FF.FP.[CH3-].[K+]. The fourth-order valence-corrected chi connectivity index (χ4v) is 0. The van der Waals surface area contributed by atoms with E-state index in [1.807, 2.05) is 0 Å². The minimum Gasteiger partial charge on any atom is -0.358 e. The maximum atomic E-state index is 9.42. The van der Waals surface area contributed by atoms with Gasteiger partial charge in [-0.3, -0.25) is 0 Å². The molecule has 0 bridgehead atoms. The molecule has 0 aliphatic carbocycles. The molecule has 5 heteroatoms. The molecule has 0 saturated heterocycles. The summed E-state index contributed by atoms with van der Waals surface area (Å²) in [5, 5.41) is 0. The van der Waals surface area contributed by atoms with Gasteiger partial charge in [0.1, 0.15) is 0 Å². The van der Waals surface area contributed by atoms with Crippen molar-refractivity contribution in [1.29, 1.82) is 0 Å². The van der Waals surface area contributed by atoms with E-state index in [0.29, 0.717) is 0 Å². The van der Waals surface area contributed by atoms with Crippen LogP contribution in [0.5, 0.6) is 0 Å². The summed E-state index contributed by atoms with van der Waals surface area (Å²) in [6.45, 7) is 0. The van der Waals surface area contributed by atoms with Gasteiger partial charge in [-0.15, -0.1) is 0 Å². The van der Waals surface area contributed by atoms with Crippen LogP contribution in [0.4, 0.5) is 13.3 Å². The van der Waals surface area contributed by atoms with Crippen LogP contribution in [0, 0.1) is 7.43 Å². The van der Waals surface area contributed by atoms with E-state index in [2.05, 4.69) is 0 Å². The second kappa shape index (κ2) is 159. The first-order chi connectivity index (χ1) is 2.00. The number of halogens is 3. The third-order valence-electron chi connectivity index (χ3n) is 0. The van der Waals surface area contributed by atoms with Crippen LogP contribution in [-0.2, 0) is 0 Å². The van der Waals surface area contributed by atoms with Gasteiger partial charge in [0.05, 0.1) is 9.55 Å². The minimum absolute atomic E-state index is 0. The Morgan fingerprint density at radius 1 is 0.875 bits per heavy atom. The van der Waals surface area contributed by atoms with Crippen LogP contribution in [0.15, 0.2) is 0 Å². The van der Waals surface area contributed by atoms with E-state index < -0.39 is 0 Å². The van der Waals surface area contributed by atoms with E-state index in [-0.39, 0.29) is 73.7 Å². The summed E-state index contributed by atoms with van der Waals surface area (Å²) in [4.78, 5) is 0. The Morgan fingerprint density at radius 3 is 0.875 bits per heavy atom. The average molecular weight is 176 g/mol. The molecule has 0 nitrogen and oxygen atoms in total. The summed E-state index contributed by atoms with van der Waals surface area (Å²) in [5.74, 6) is 0. The molecule has 0 aliphatic rings. The van der Waals surface area contributed by atoms with E-state index >= 15 is 0 Å². The zero-order chi connectivity index (χ0) is 4.00. The molecule has 0 amide bonds. The van der Waals surface area contributed by atoms with Crippen LogP contribution >= 0.6 is 9.55 Å². The van der Waals surface area contributed by atoms with Crippen molar-refractivity contribution in [3.63, 3.8) is 0 Å². The zero-order valence-electron chi connectivity index (χ0n) is 3.71. The van der Waals surface area contributed by atoms with Crippen molar-refractivity contribution >= 4 is 9.55 Å². The molecule has 0 spiro atoms. The molecular formula is C3H13F3KP. The molecule has 0 aromatic carbocycles. The normalized spacial score (nSPS) is 1.50. The molecule has 0 aliphatic heterocycles. The van der Waals surface area contributed by atoms with Gasteiger partial charge in [0, 0.05) is 9.15 Å². The molecule has 0 rings (SSSR count). The summed E-state index contributed by atoms with van der Waals surface area (Å²) in [6, 6.07) is 0. The Kier molecular flexibility index (Phi) is 1030. The predicted molar refractivity (Wildman–Crippen MR) is 32.9 cm³/mol. The van der Waals surface area contributed by atoms with E-state index in [4.69, 9.17) is 9.15 Å². The molecule has 0 aromatic heterocycles. The second-order valence-electron chi connectivity index (χ2n) is 0. The first-order valence-corrected chi connectivity index (χ1v) is 0.798. The largest absolute Gasteiger partial charge is 1.00 e. The quantitative estimate of drug-likeness (QED) is 0.283. The van der Waals surface area contributed by atoms with Gasteiger partial charge in [0.15, 0.2) is 0 Å². The van der Waals surface area contributed by atoms with Gasteiger partial charge in [-0.05, 0) is 0 Å². The molecule has 1 atom stereocenters. The molecule has 0 radical (unpaired) electrons. The number of hydrogen-bond acceptors (Lipinski definition) is 0. The Labute approximate surface area is 95.2 Å². The van der Waals surface area contributed by atoms with Crippen LogP contribution in [0.2, 0.25) is 0 Å². The maximum Gasteiger partial charge on any atom is 1.00 e. The van der Waals surface area contributed by atoms with Crippen LogP contribution in [0.1, 0.15) is 14.9 Å². The van der Waals surface area contributed by atoms with Gasteiger partial charge in [-0.2, -0.15) is 0 Å². The zero-order valence-corrected chi connectivity index (χ0v) is 7.99. The fourth-order valence-electron chi connectivity index (χ4n) is 0. The van der Waals surface area contributed by atoms with E-state index in [1.165, 1.54) is 0 Å². The Morgan fingerprint density at radius 2 is 0.875 bits per heavy atom. The topological polar surface area (TPSA) is 0 Å². The van der Waals surface area contributed by atoms with Crippen molar-refractivity contribution in [2.24, 2.45) is 0 Å². The van der Waals surface area contributed by atoms with Gasteiger partial charge < -0.3 is 7.43 Å². The fraction of sp³-hybridized carbons (Fsp3) is 0.667. The smallest absolute Gasteiger partial charge is 0.358 e. The van der Waals surface area contributed by atoms with Crippen LogP contribution in [-0.4, -0.2) is 0 Å². The van der Waals surface area contributed by atoms with Crippen LogP contribution < -0.4 is 51.4 Å². The summed E-state index contributed by atoms with van der Waals surface area (Å²) in [7, 11) is 0.917. The van der Waals surface area contributed by atoms with E-state index in [1.54, 1.807) is 0 Å². The summed E-state index contributed by atoms with van der Waals surface area (Å²) >= 11 is 0. The monoisotopic (exact) mass is 176 g/mol.